The third-order valence-corrected chi connectivity index (χ3v) is 5.97. The Labute approximate surface area is 198 Å². The lowest BCUT2D eigenvalue weighted by Gasteiger charge is -2.29. The van der Waals surface area contributed by atoms with E-state index in [0.717, 1.165) is 0 Å². The fourth-order valence-corrected chi connectivity index (χ4v) is 4.19. The van der Waals surface area contributed by atoms with Gasteiger partial charge >= 0.3 is 0 Å². The van der Waals surface area contributed by atoms with Gasteiger partial charge in [0, 0.05) is 26.1 Å². The molecule has 3 N–H and O–H groups in total. The number of hydrogen-bond acceptors (Lipinski definition) is 7. The summed E-state index contributed by atoms with van der Waals surface area (Å²) in [4.78, 5) is 14.7. The maximum absolute atomic E-state index is 13.0. The summed E-state index contributed by atoms with van der Waals surface area (Å²) >= 11 is 0. The fourth-order valence-electron chi connectivity index (χ4n) is 4.19. The molecule has 0 radical (unpaired) electrons. The molecule has 8 nitrogen and oxygen atoms in total. The molecule has 0 spiro atoms. The number of carbonyl (C=O) groups is 1. The van der Waals surface area contributed by atoms with Gasteiger partial charge in [-0.25, -0.2) is 4.39 Å². The Balaban J connectivity index is 1.34. The number of amides is 1. The Hall–Kier alpha value is -2.88. The van der Waals surface area contributed by atoms with Gasteiger partial charge < -0.3 is 29.7 Å². The minimum absolute atomic E-state index is 0.205. The number of halogens is 1. The van der Waals surface area contributed by atoms with Gasteiger partial charge in [-0.15, -0.1) is 0 Å². The highest BCUT2D eigenvalue weighted by Crippen LogP contribution is 2.33. The summed E-state index contributed by atoms with van der Waals surface area (Å²) in [5.41, 5.74) is 0.619. The highest BCUT2D eigenvalue weighted by Gasteiger charge is 2.29. The number of rotatable bonds is 10. The van der Waals surface area contributed by atoms with Crippen LogP contribution in [0.5, 0.6) is 17.2 Å². The summed E-state index contributed by atoms with van der Waals surface area (Å²) < 4.78 is 29.7. The average Bonchev–Trinajstić information content (AvgIpc) is 3.26. The minimum atomic E-state index is -0.965. The molecule has 1 amide bonds. The van der Waals surface area contributed by atoms with E-state index in [9.17, 15) is 19.4 Å². The van der Waals surface area contributed by atoms with Gasteiger partial charge in [0.1, 0.15) is 30.9 Å². The van der Waals surface area contributed by atoms with Gasteiger partial charge in [0.2, 0.25) is 5.91 Å². The molecule has 9 heteroatoms. The van der Waals surface area contributed by atoms with E-state index in [1.165, 1.54) is 12.1 Å². The van der Waals surface area contributed by atoms with Gasteiger partial charge in [0.25, 0.3) is 0 Å². The largest absolute Gasteiger partial charge is 0.494 e. The summed E-state index contributed by atoms with van der Waals surface area (Å²) in [5.74, 6) is 1.21. The molecule has 4 rings (SSSR count). The first-order valence-electron chi connectivity index (χ1n) is 11.6. The van der Waals surface area contributed by atoms with Crippen molar-refractivity contribution in [1.29, 1.82) is 0 Å². The van der Waals surface area contributed by atoms with Gasteiger partial charge in [-0.05, 0) is 54.8 Å². The van der Waals surface area contributed by atoms with Crippen LogP contribution in [0.25, 0.3) is 0 Å². The van der Waals surface area contributed by atoms with E-state index in [-0.39, 0.29) is 18.1 Å². The number of β-amino-alcohol motifs (C(OH)–C–C–N with tert-alkyl or cyclic N) is 1. The second-order valence-electron chi connectivity index (χ2n) is 8.63. The normalized spacial score (nSPS) is 19.4. The average molecular weight is 475 g/mol. The molecule has 2 heterocycles. The number of aliphatic hydroxyl groups excluding tert-OH is 2. The molecule has 0 saturated carbocycles. The second-order valence-corrected chi connectivity index (χ2v) is 8.63. The Morgan fingerprint density at radius 2 is 1.94 bits per heavy atom. The van der Waals surface area contributed by atoms with Crippen molar-refractivity contribution in [2.24, 2.45) is 0 Å². The smallest absolute Gasteiger partial charge is 0.220 e. The van der Waals surface area contributed by atoms with Crippen LogP contribution in [0.4, 0.5) is 4.39 Å². The first kappa shape index (κ1) is 24.3. The number of carbonyl (C=O) groups excluding carboxylic acids is 1. The predicted octanol–water partition coefficient (Wildman–Crippen LogP) is 2.04. The van der Waals surface area contributed by atoms with E-state index < -0.39 is 18.2 Å². The number of ether oxygens (including phenoxy) is 3. The van der Waals surface area contributed by atoms with Crippen molar-refractivity contribution in [1.82, 2.24) is 10.2 Å². The molecule has 0 aromatic heterocycles. The van der Waals surface area contributed by atoms with Crippen LogP contribution in [0.3, 0.4) is 0 Å². The van der Waals surface area contributed by atoms with Crippen LogP contribution >= 0.6 is 0 Å². The lowest BCUT2D eigenvalue weighted by atomic mass is 10.0. The summed E-state index contributed by atoms with van der Waals surface area (Å²) in [5, 5.41) is 24.0. The van der Waals surface area contributed by atoms with Crippen LogP contribution in [-0.2, 0) is 4.79 Å². The maximum atomic E-state index is 13.0. The number of hydrogen-bond donors (Lipinski definition) is 3. The fraction of sp³-hybridized carbons (Fsp3) is 0.480. The zero-order valence-corrected chi connectivity index (χ0v) is 19.0. The molecular formula is C25H31FN2O6. The molecule has 2 aliphatic heterocycles. The Morgan fingerprint density at radius 3 is 2.68 bits per heavy atom. The molecule has 2 aromatic carbocycles. The molecule has 1 fully saturated rings. The van der Waals surface area contributed by atoms with Crippen LogP contribution in [-0.4, -0.2) is 72.6 Å². The molecule has 184 valence electrons. The number of fused-ring (bicyclic) bond motifs is 1. The van der Waals surface area contributed by atoms with Crippen molar-refractivity contribution in [2.75, 3.05) is 39.5 Å². The third-order valence-electron chi connectivity index (χ3n) is 5.97. The van der Waals surface area contributed by atoms with Gasteiger partial charge in [-0.2, -0.15) is 0 Å². The van der Waals surface area contributed by atoms with Crippen molar-refractivity contribution in [3.05, 3.63) is 53.8 Å². The molecule has 1 saturated heterocycles. The number of benzene rings is 2. The standard InChI is InChI=1S/C25H31FN2O6/c26-18-4-6-20(7-5-18)32-11-1-2-24(30)27-21(16-28-10-9-19(29)15-28)25(31)17-3-8-22-23(14-17)34-13-12-33-22/h3-8,14,19,21,25,29,31H,1-2,9-13,15-16H2,(H,27,30)/t19?,21-,25-/m1/s1. The van der Waals surface area contributed by atoms with E-state index >= 15 is 0 Å². The van der Waals surface area contributed by atoms with Gasteiger partial charge in [0.05, 0.1) is 18.8 Å². The third kappa shape index (κ3) is 6.59. The lowest BCUT2D eigenvalue weighted by molar-refractivity contribution is -0.123. The molecule has 2 aromatic rings. The van der Waals surface area contributed by atoms with Crippen molar-refractivity contribution in [2.45, 2.75) is 37.5 Å². The maximum Gasteiger partial charge on any atom is 0.220 e. The number of aliphatic hydroxyl groups is 2. The minimum Gasteiger partial charge on any atom is -0.494 e. The van der Waals surface area contributed by atoms with Crippen LogP contribution in [0, 0.1) is 5.82 Å². The molecule has 3 atom stereocenters. The molecule has 1 unspecified atom stereocenters. The number of nitrogens with one attached hydrogen (secondary N) is 1. The highest BCUT2D eigenvalue weighted by atomic mass is 19.1. The quantitative estimate of drug-likeness (QED) is 0.453. The van der Waals surface area contributed by atoms with Crippen LogP contribution in [0.2, 0.25) is 0 Å². The van der Waals surface area contributed by atoms with E-state index in [2.05, 4.69) is 5.32 Å². The molecule has 0 bridgehead atoms. The number of likely N-dealkylation sites (tertiary alicyclic amines) is 1. The zero-order chi connectivity index (χ0) is 23.9. The van der Waals surface area contributed by atoms with Crippen LogP contribution < -0.4 is 19.5 Å². The van der Waals surface area contributed by atoms with Crippen LogP contribution in [0.15, 0.2) is 42.5 Å². The number of nitrogens with zero attached hydrogens (tertiary/aromatic N) is 1. The first-order valence-corrected chi connectivity index (χ1v) is 11.6. The van der Waals surface area contributed by atoms with Crippen molar-refractivity contribution in [3.63, 3.8) is 0 Å². The van der Waals surface area contributed by atoms with E-state index in [1.54, 1.807) is 30.3 Å². The molecular weight excluding hydrogens is 443 g/mol. The summed E-state index contributed by atoms with van der Waals surface area (Å²) in [6, 6.07) is 10.4. The molecule has 0 aliphatic carbocycles. The topological polar surface area (TPSA) is 100 Å². The van der Waals surface area contributed by atoms with Crippen LogP contribution in [0.1, 0.15) is 30.9 Å². The van der Waals surface area contributed by atoms with E-state index in [4.69, 9.17) is 14.2 Å². The van der Waals surface area contributed by atoms with E-state index in [0.29, 0.717) is 75.1 Å². The SMILES string of the molecule is O=C(CCCOc1ccc(F)cc1)N[C@H](CN1CCC(O)C1)[C@H](O)c1ccc2c(c1)OCCO2. The molecule has 2 aliphatic rings. The second kappa shape index (κ2) is 11.5. The van der Waals surface area contributed by atoms with Crippen molar-refractivity contribution >= 4 is 5.91 Å². The van der Waals surface area contributed by atoms with E-state index in [1.807, 2.05) is 4.90 Å². The zero-order valence-electron chi connectivity index (χ0n) is 19.0. The summed E-state index contributed by atoms with van der Waals surface area (Å²) in [6.45, 7) is 2.85. The Morgan fingerprint density at radius 1 is 1.18 bits per heavy atom. The monoisotopic (exact) mass is 474 g/mol. The van der Waals surface area contributed by atoms with Gasteiger partial charge in [-0.3, -0.25) is 9.69 Å². The highest BCUT2D eigenvalue weighted by molar-refractivity contribution is 5.76. The Bertz CT molecular complexity index is 957. The predicted molar refractivity (Wildman–Crippen MR) is 123 cm³/mol. The lowest BCUT2D eigenvalue weighted by Crippen LogP contribution is -2.47. The Kier molecular flexibility index (Phi) is 8.21. The molecule has 34 heavy (non-hydrogen) atoms. The summed E-state index contributed by atoms with van der Waals surface area (Å²) in [7, 11) is 0. The van der Waals surface area contributed by atoms with Crippen molar-refractivity contribution in [3.8, 4) is 17.2 Å². The van der Waals surface area contributed by atoms with Gasteiger partial charge in [0.15, 0.2) is 11.5 Å². The van der Waals surface area contributed by atoms with Gasteiger partial charge in [-0.1, -0.05) is 6.07 Å². The summed E-state index contributed by atoms with van der Waals surface area (Å²) in [6.07, 6.45) is -0.00636. The first-order chi connectivity index (χ1) is 16.5. The van der Waals surface area contributed by atoms with Crippen molar-refractivity contribution < 1.29 is 33.6 Å².